The number of amides is 1. The Morgan fingerprint density at radius 3 is 2.09 bits per heavy atom. The van der Waals surface area contributed by atoms with E-state index in [0.717, 1.165) is 10.8 Å². The molecule has 0 spiro atoms. The Balaban J connectivity index is 1.74. The van der Waals surface area contributed by atoms with E-state index in [1.165, 1.54) is 0 Å². The summed E-state index contributed by atoms with van der Waals surface area (Å²) in [5.74, 6) is -0.619. The standard InChI is InChI=1S/C27H21Cl2NO3/c1-2-33-27(32)19-12-14-22(15-13-19)30(17-23-24(28)8-5-9-25(23)29)26(31)21-11-10-18-6-3-4-7-20(18)16-21/h3-16H,2,17H2,1H3. The summed E-state index contributed by atoms with van der Waals surface area (Å²) in [5, 5.41) is 2.97. The van der Waals surface area contributed by atoms with Gasteiger partial charge in [-0.05, 0) is 66.2 Å². The highest BCUT2D eigenvalue weighted by Gasteiger charge is 2.21. The number of nitrogens with zero attached hydrogens (tertiary/aromatic N) is 1. The molecule has 0 saturated carbocycles. The molecule has 0 saturated heterocycles. The number of carbonyl (C=O) groups is 2. The van der Waals surface area contributed by atoms with E-state index in [-0.39, 0.29) is 19.1 Å². The highest BCUT2D eigenvalue weighted by molar-refractivity contribution is 6.36. The number of benzene rings is 4. The highest BCUT2D eigenvalue weighted by Crippen LogP contribution is 2.29. The van der Waals surface area contributed by atoms with Crippen molar-refractivity contribution >= 4 is 51.5 Å². The Kier molecular flexibility index (Phi) is 6.97. The van der Waals surface area contributed by atoms with Crippen molar-refractivity contribution in [2.75, 3.05) is 11.5 Å². The van der Waals surface area contributed by atoms with Crippen molar-refractivity contribution in [3.05, 3.63) is 112 Å². The maximum Gasteiger partial charge on any atom is 0.338 e. The third kappa shape index (κ3) is 5.03. The van der Waals surface area contributed by atoms with Crippen molar-refractivity contribution in [3.8, 4) is 0 Å². The first-order valence-electron chi connectivity index (χ1n) is 10.5. The molecule has 1 amide bonds. The van der Waals surface area contributed by atoms with Gasteiger partial charge < -0.3 is 9.64 Å². The zero-order chi connectivity index (χ0) is 23.4. The van der Waals surface area contributed by atoms with Crippen LogP contribution in [0, 0.1) is 0 Å². The molecule has 0 aliphatic heterocycles. The number of esters is 1. The van der Waals surface area contributed by atoms with Gasteiger partial charge in [0.05, 0.1) is 18.7 Å². The van der Waals surface area contributed by atoms with Crippen molar-refractivity contribution in [3.63, 3.8) is 0 Å². The van der Waals surface area contributed by atoms with E-state index in [1.54, 1.807) is 60.4 Å². The molecule has 0 aliphatic rings. The normalized spacial score (nSPS) is 10.8. The van der Waals surface area contributed by atoms with Crippen LogP contribution >= 0.6 is 23.2 Å². The topological polar surface area (TPSA) is 46.6 Å². The summed E-state index contributed by atoms with van der Waals surface area (Å²) < 4.78 is 5.06. The van der Waals surface area contributed by atoms with Crippen molar-refractivity contribution in [2.24, 2.45) is 0 Å². The smallest absolute Gasteiger partial charge is 0.338 e. The Hall–Kier alpha value is -3.34. The Morgan fingerprint density at radius 1 is 0.788 bits per heavy atom. The maximum atomic E-state index is 13.7. The average molecular weight is 478 g/mol. The molecule has 4 aromatic rings. The Bertz CT molecular complexity index is 1300. The number of fused-ring (bicyclic) bond motifs is 1. The third-order valence-corrected chi connectivity index (χ3v) is 6.02. The van der Waals surface area contributed by atoms with Crippen LogP contribution in [0.15, 0.2) is 84.9 Å². The monoisotopic (exact) mass is 477 g/mol. The van der Waals surface area contributed by atoms with Gasteiger partial charge in [-0.2, -0.15) is 0 Å². The van der Waals surface area contributed by atoms with Crippen LogP contribution in [0.25, 0.3) is 10.8 Å². The number of rotatable bonds is 6. The number of carbonyl (C=O) groups excluding carboxylic acids is 2. The molecule has 4 rings (SSSR count). The number of hydrogen-bond donors (Lipinski definition) is 0. The quantitative estimate of drug-likeness (QED) is 0.276. The molecule has 4 aromatic carbocycles. The van der Waals surface area contributed by atoms with Gasteiger partial charge in [0, 0.05) is 26.9 Å². The molecule has 0 N–H and O–H groups in total. The molecule has 0 heterocycles. The van der Waals surface area contributed by atoms with Gasteiger partial charge in [0.2, 0.25) is 0 Å². The van der Waals surface area contributed by atoms with E-state index >= 15 is 0 Å². The van der Waals surface area contributed by atoms with Crippen LogP contribution in [0.5, 0.6) is 0 Å². The Morgan fingerprint density at radius 2 is 1.42 bits per heavy atom. The molecule has 166 valence electrons. The number of halogens is 2. The van der Waals surface area contributed by atoms with E-state index in [4.69, 9.17) is 27.9 Å². The molecule has 0 aromatic heterocycles. The van der Waals surface area contributed by atoms with Gasteiger partial charge in [0.15, 0.2) is 0 Å². The first kappa shape index (κ1) is 22.8. The fourth-order valence-electron chi connectivity index (χ4n) is 3.59. The van der Waals surface area contributed by atoms with E-state index in [0.29, 0.717) is 32.4 Å². The lowest BCUT2D eigenvalue weighted by Gasteiger charge is -2.24. The zero-order valence-corrected chi connectivity index (χ0v) is 19.4. The predicted molar refractivity (Wildman–Crippen MR) is 133 cm³/mol. The summed E-state index contributed by atoms with van der Waals surface area (Å²) in [6.07, 6.45) is 0. The van der Waals surface area contributed by atoms with Gasteiger partial charge >= 0.3 is 5.97 Å². The summed E-state index contributed by atoms with van der Waals surface area (Å²) in [6, 6.07) is 25.4. The fourth-order valence-corrected chi connectivity index (χ4v) is 4.11. The minimum Gasteiger partial charge on any atom is -0.462 e. The van der Waals surface area contributed by atoms with Crippen LogP contribution in [-0.4, -0.2) is 18.5 Å². The molecule has 0 fully saturated rings. The van der Waals surface area contributed by atoms with Crippen molar-refractivity contribution in [1.29, 1.82) is 0 Å². The zero-order valence-electron chi connectivity index (χ0n) is 17.9. The van der Waals surface area contributed by atoms with Crippen LogP contribution in [0.4, 0.5) is 5.69 Å². The van der Waals surface area contributed by atoms with E-state index in [1.807, 2.05) is 36.4 Å². The summed E-state index contributed by atoms with van der Waals surface area (Å²) in [5.41, 5.74) is 2.20. The van der Waals surface area contributed by atoms with Gasteiger partial charge in [0.1, 0.15) is 0 Å². The lowest BCUT2D eigenvalue weighted by atomic mass is 10.1. The number of ether oxygens (including phenoxy) is 1. The van der Waals surface area contributed by atoms with Gasteiger partial charge in [-0.3, -0.25) is 4.79 Å². The largest absolute Gasteiger partial charge is 0.462 e. The van der Waals surface area contributed by atoms with E-state index in [9.17, 15) is 9.59 Å². The SMILES string of the molecule is CCOC(=O)c1ccc(N(Cc2c(Cl)cccc2Cl)C(=O)c2ccc3ccccc3c2)cc1. The average Bonchev–Trinajstić information content (AvgIpc) is 2.83. The second-order valence-electron chi connectivity index (χ2n) is 7.42. The van der Waals surface area contributed by atoms with Crippen LogP contribution < -0.4 is 4.90 Å². The molecule has 33 heavy (non-hydrogen) atoms. The summed E-state index contributed by atoms with van der Waals surface area (Å²) in [7, 11) is 0. The molecule has 6 heteroatoms. The molecular weight excluding hydrogens is 457 g/mol. The second kappa shape index (κ2) is 10.1. The highest BCUT2D eigenvalue weighted by atomic mass is 35.5. The number of hydrogen-bond acceptors (Lipinski definition) is 3. The summed E-state index contributed by atoms with van der Waals surface area (Å²) in [4.78, 5) is 27.3. The molecule has 0 aliphatic carbocycles. The maximum absolute atomic E-state index is 13.7. The molecule has 4 nitrogen and oxygen atoms in total. The van der Waals surface area contributed by atoms with Crippen molar-refractivity contribution < 1.29 is 14.3 Å². The minimum absolute atomic E-state index is 0.170. The first-order chi connectivity index (χ1) is 16.0. The van der Waals surface area contributed by atoms with Gasteiger partial charge in [-0.1, -0.05) is 59.6 Å². The van der Waals surface area contributed by atoms with Gasteiger partial charge in [-0.15, -0.1) is 0 Å². The Labute approximate surface area is 202 Å². The fraction of sp³-hybridized carbons (Fsp3) is 0.111. The van der Waals surface area contributed by atoms with E-state index in [2.05, 4.69) is 0 Å². The lowest BCUT2D eigenvalue weighted by molar-refractivity contribution is 0.0526. The molecule has 0 unspecified atom stereocenters. The van der Waals surface area contributed by atoms with Crippen LogP contribution in [-0.2, 0) is 11.3 Å². The van der Waals surface area contributed by atoms with E-state index < -0.39 is 5.97 Å². The predicted octanol–water partition coefficient (Wildman–Crippen LogP) is 7.17. The van der Waals surface area contributed by atoms with Crippen LogP contribution in [0.2, 0.25) is 10.0 Å². The molecule has 0 radical (unpaired) electrons. The van der Waals surface area contributed by atoms with Crippen LogP contribution in [0.1, 0.15) is 33.2 Å². The summed E-state index contributed by atoms with van der Waals surface area (Å²) >= 11 is 12.8. The van der Waals surface area contributed by atoms with Crippen molar-refractivity contribution in [2.45, 2.75) is 13.5 Å². The summed E-state index contributed by atoms with van der Waals surface area (Å²) in [6.45, 7) is 2.21. The molecule has 0 atom stereocenters. The lowest BCUT2D eigenvalue weighted by Crippen LogP contribution is -2.30. The minimum atomic E-state index is -0.411. The third-order valence-electron chi connectivity index (χ3n) is 5.31. The number of anilines is 1. The van der Waals surface area contributed by atoms with Crippen LogP contribution in [0.3, 0.4) is 0 Å². The van der Waals surface area contributed by atoms with Gasteiger partial charge in [-0.25, -0.2) is 4.79 Å². The first-order valence-corrected chi connectivity index (χ1v) is 11.2. The molecular formula is C27H21Cl2NO3. The molecule has 0 bridgehead atoms. The van der Waals surface area contributed by atoms with Crippen molar-refractivity contribution in [1.82, 2.24) is 0 Å². The second-order valence-corrected chi connectivity index (χ2v) is 8.24. The van der Waals surface area contributed by atoms with Gasteiger partial charge in [0.25, 0.3) is 5.91 Å².